The highest BCUT2D eigenvalue weighted by molar-refractivity contribution is 5.81. The number of aliphatic hydroxyl groups is 2. The van der Waals surface area contributed by atoms with Crippen molar-refractivity contribution in [2.24, 2.45) is 0 Å². The summed E-state index contributed by atoms with van der Waals surface area (Å²) in [5.74, 6) is -0.202. The van der Waals surface area contributed by atoms with Crippen molar-refractivity contribution < 1.29 is 23.7 Å². The lowest BCUT2D eigenvalue weighted by molar-refractivity contribution is -0.0960. The highest BCUT2D eigenvalue weighted by Crippen LogP contribution is 2.40. The van der Waals surface area contributed by atoms with E-state index in [1.807, 2.05) is 0 Å². The molecule has 0 aromatic carbocycles. The molecule has 118 valence electrons. The molecule has 10 heteroatoms. The maximum atomic E-state index is 14.4. The lowest BCUT2D eigenvalue weighted by Crippen LogP contribution is -2.43. The smallest absolute Gasteiger partial charge is 0.312 e. The molecule has 4 atom stereocenters. The number of nitrogens with zero attached hydrogens (tertiary/aromatic N) is 4. The van der Waals surface area contributed by atoms with Gasteiger partial charge >= 0.3 is 6.08 Å². The van der Waals surface area contributed by atoms with Crippen molar-refractivity contribution in [2.75, 3.05) is 12.3 Å². The third kappa shape index (κ3) is 1.88. The summed E-state index contributed by atoms with van der Waals surface area (Å²) in [5, 5.41) is 19.3. The summed E-state index contributed by atoms with van der Waals surface area (Å²) in [5.41, 5.74) is 3.86. The Morgan fingerprint density at radius 1 is 1.55 bits per heavy atom. The molecule has 0 spiro atoms. The van der Waals surface area contributed by atoms with Crippen molar-refractivity contribution in [3.63, 3.8) is 0 Å². The van der Waals surface area contributed by atoms with Gasteiger partial charge in [0.2, 0.25) is 0 Å². The molecule has 0 saturated carbocycles. The maximum Gasteiger partial charge on any atom is 0.312 e. The largest absolute Gasteiger partial charge is 0.393 e. The Morgan fingerprint density at radius 3 is 2.86 bits per heavy atom. The first-order valence-electron chi connectivity index (χ1n) is 6.33. The van der Waals surface area contributed by atoms with Crippen LogP contribution in [0.25, 0.3) is 11.2 Å². The number of fused-ring (bicyclic) bond motifs is 1. The molecule has 1 aliphatic rings. The average Bonchev–Trinajstić information content (AvgIpc) is 3.01. The van der Waals surface area contributed by atoms with Gasteiger partial charge in [-0.05, 0) is 0 Å². The summed E-state index contributed by atoms with van der Waals surface area (Å²) >= 11 is 0. The average molecular weight is 313 g/mol. The van der Waals surface area contributed by atoms with Crippen molar-refractivity contribution in [1.29, 1.82) is 0 Å². The first-order chi connectivity index (χ1) is 10.4. The molecule has 2 aromatic heterocycles. The van der Waals surface area contributed by atoms with Crippen molar-refractivity contribution in [3.05, 3.63) is 25.1 Å². The molecule has 4 N–H and O–H groups in total. The number of hydrogen-bond acceptors (Lipinski definition) is 7. The number of alkyl halides is 1. The van der Waals surface area contributed by atoms with Crippen molar-refractivity contribution in [2.45, 2.75) is 24.1 Å². The second-order valence-electron chi connectivity index (χ2n) is 4.92. The Kier molecular flexibility index (Phi) is 3.31. The molecule has 8 nitrogen and oxygen atoms in total. The minimum Gasteiger partial charge on any atom is -0.393 e. The van der Waals surface area contributed by atoms with Crippen molar-refractivity contribution in [3.8, 4) is 0 Å². The minimum absolute atomic E-state index is 0.0757. The van der Waals surface area contributed by atoms with Crippen LogP contribution in [0.5, 0.6) is 0 Å². The minimum atomic E-state index is -1.91. The van der Waals surface area contributed by atoms with E-state index in [2.05, 4.69) is 21.5 Å². The molecular weight excluding hydrogens is 300 g/mol. The summed E-state index contributed by atoms with van der Waals surface area (Å²) in [6.45, 7) is 2.76. The number of nitrogens with two attached hydrogens (primary N) is 1. The van der Waals surface area contributed by atoms with Crippen molar-refractivity contribution in [1.82, 2.24) is 19.5 Å². The zero-order chi connectivity index (χ0) is 16.1. The molecular formula is C12H13F2N5O3. The Morgan fingerprint density at radius 2 is 2.27 bits per heavy atom. The summed E-state index contributed by atoms with van der Waals surface area (Å²) in [6, 6.07) is 0. The van der Waals surface area contributed by atoms with E-state index in [9.17, 15) is 19.0 Å². The number of aliphatic hydroxyl groups excluding tert-OH is 2. The van der Waals surface area contributed by atoms with Gasteiger partial charge in [0, 0.05) is 0 Å². The van der Waals surface area contributed by atoms with Crippen LogP contribution in [0.1, 0.15) is 6.23 Å². The van der Waals surface area contributed by atoms with E-state index in [-0.39, 0.29) is 17.0 Å². The van der Waals surface area contributed by atoms with E-state index in [0.717, 1.165) is 17.0 Å². The lowest BCUT2D eigenvalue weighted by Gasteiger charge is -2.25. The van der Waals surface area contributed by atoms with E-state index >= 15 is 0 Å². The molecule has 0 radical (unpaired) electrons. The van der Waals surface area contributed by atoms with Gasteiger partial charge < -0.3 is 20.7 Å². The van der Waals surface area contributed by atoms with Crippen LogP contribution in [0.4, 0.5) is 14.6 Å². The summed E-state index contributed by atoms with van der Waals surface area (Å²) < 4.78 is 34.2. The molecule has 2 aromatic rings. The predicted octanol–water partition coefficient (Wildman–Crippen LogP) is -0.308. The van der Waals surface area contributed by atoms with Crippen LogP contribution in [-0.2, 0) is 4.74 Å². The fraction of sp³-hybridized carbons (Fsp3) is 0.417. The molecule has 3 rings (SSSR count). The number of hydrogen-bond donors (Lipinski definition) is 3. The Bertz CT molecular complexity index is 739. The zero-order valence-corrected chi connectivity index (χ0v) is 11.2. The maximum absolute atomic E-state index is 14.4. The van der Waals surface area contributed by atoms with Crippen LogP contribution >= 0.6 is 0 Å². The van der Waals surface area contributed by atoms with Gasteiger partial charge in [-0.1, -0.05) is 6.08 Å². The summed E-state index contributed by atoms with van der Waals surface area (Å²) in [7, 11) is 0. The molecule has 3 heterocycles. The first-order valence-corrected chi connectivity index (χ1v) is 6.33. The quantitative estimate of drug-likeness (QED) is 0.525. The molecule has 0 bridgehead atoms. The zero-order valence-electron chi connectivity index (χ0n) is 11.2. The van der Waals surface area contributed by atoms with Crippen LogP contribution in [0, 0.1) is 6.08 Å². The number of imidazole rings is 1. The molecule has 22 heavy (non-hydrogen) atoms. The van der Waals surface area contributed by atoms with Gasteiger partial charge in [-0.2, -0.15) is 14.4 Å². The Hall–Kier alpha value is -2.17. The van der Waals surface area contributed by atoms with Gasteiger partial charge in [0.15, 0.2) is 29.4 Å². The molecule has 1 fully saturated rings. The van der Waals surface area contributed by atoms with E-state index in [1.165, 1.54) is 0 Å². The standard InChI is InChI=1S/C12H13F2N5O3/c1-2-12(3-20)7(21)5(13)10(22-12)19-4-16-6-8(15)17-11(14)18-9(6)19/h2,4-5,7,10,20-21H,1,3H2,(H2,15,17,18)/t5-,7-,10+,12+/m0/s1. The third-order valence-electron chi connectivity index (χ3n) is 3.70. The van der Waals surface area contributed by atoms with E-state index in [1.54, 1.807) is 0 Å². The van der Waals surface area contributed by atoms with Gasteiger partial charge in [-0.25, -0.2) is 9.37 Å². The van der Waals surface area contributed by atoms with Crippen LogP contribution in [0.2, 0.25) is 0 Å². The van der Waals surface area contributed by atoms with Crippen LogP contribution in [0.3, 0.4) is 0 Å². The van der Waals surface area contributed by atoms with E-state index < -0.39 is 36.8 Å². The monoisotopic (exact) mass is 313 g/mol. The van der Waals surface area contributed by atoms with Gasteiger partial charge in [0.05, 0.1) is 12.9 Å². The van der Waals surface area contributed by atoms with Gasteiger partial charge in [0.1, 0.15) is 11.7 Å². The highest BCUT2D eigenvalue weighted by atomic mass is 19.1. The van der Waals surface area contributed by atoms with Crippen molar-refractivity contribution >= 4 is 17.0 Å². The number of anilines is 1. The second kappa shape index (κ2) is 4.93. The van der Waals surface area contributed by atoms with E-state index in [4.69, 9.17) is 10.5 Å². The molecule has 0 aliphatic carbocycles. The van der Waals surface area contributed by atoms with Gasteiger partial charge in [-0.15, -0.1) is 6.58 Å². The van der Waals surface area contributed by atoms with Crippen LogP contribution < -0.4 is 5.73 Å². The second-order valence-corrected chi connectivity index (χ2v) is 4.92. The summed E-state index contributed by atoms with van der Waals surface area (Å²) in [4.78, 5) is 10.7. The molecule has 1 saturated heterocycles. The third-order valence-corrected chi connectivity index (χ3v) is 3.70. The van der Waals surface area contributed by atoms with Crippen LogP contribution in [-0.4, -0.2) is 54.2 Å². The van der Waals surface area contributed by atoms with Gasteiger partial charge in [-0.3, -0.25) is 4.57 Å². The fourth-order valence-corrected chi connectivity index (χ4v) is 2.46. The number of aromatic nitrogens is 4. The highest BCUT2D eigenvalue weighted by Gasteiger charge is 2.54. The Labute approximate surface area is 122 Å². The number of ether oxygens (including phenoxy) is 1. The Balaban J connectivity index is 2.11. The predicted molar refractivity (Wildman–Crippen MR) is 70.7 cm³/mol. The van der Waals surface area contributed by atoms with Crippen LogP contribution in [0.15, 0.2) is 19.0 Å². The SMILES string of the molecule is C=C[C@]1(CO)O[C@@H](n2cnc3c(N)nc(F)nc32)[C@@H](F)[C@@H]1O. The van der Waals surface area contributed by atoms with E-state index in [0.29, 0.717) is 0 Å². The molecule has 0 amide bonds. The number of rotatable bonds is 3. The molecule has 0 unspecified atom stereocenters. The normalized spacial score (nSPS) is 31.7. The number of nitrogen functional groups attached to an aromatic ring is 1. The topological polar surface area (TPSA) is 119 Å². The van der Waals surface area contributed by atoms with Gasteiger partial charge in [0.25, 0.3) is 0 Å². The summed E-state index contributed by atoms with van der Waals surface area (Å²) in [6.07, 6.45) is -3.77. The first kappa shape index (κ1) is 14.8. The lowest BCUT2D eigenvalue weighted by atomic mass is 9.97. The fourth-order valence-electron chi connectivity index (χ4n) is 2.46. The molecule has 1 aliphatic heterocycles. The number of halogens is 2.